The van der Waals surface area contributed by atoms with Crippen LogP contribution in [0.15, 0.2) is 152 Å². The Hall–Kier alpha value is -6.06. The maximum absolute atomic E-state index is 5.57. The van der Waals surface area contributed by atoms with Crippen molar-refractivity contribution in [1.82, 2.24) is 14.5 Å². The van der Waals surface area contributed by atoms with E-state index in [1.54, 1.807) is 0 Å². The lowest BCUT2D eigenvalue weighted by molar-refractivity contribution is 0.125. The predicted octanol–water partition coefficient (Wildman–Crippen LogP) is 13.5. The van der Waals surface area contributed by atoms with Crippen molar-refractivity contribution in [1.29, 1.82) is 0 Å². The molecule has 0 saturated heterocycles. The normalized spacial score (nSPS) is 15.7. The van der Waals surface area contributed by atoms with Gasteiger partial charge >= 0.3 is 0 Å². The Bertz CT molecular complexity index is 2950. The fourth-order valence-electron chi connectivity index (χ4n) is 9.28. The van der Waals surface area contributed by atoms with Crippen LogP contribution in [0.1, 0.15) is 52.7 Å². The summed E-state index contributed by atoms with van der Waals surface area (Å²) in [5.74, 6) is 0.737. The van der Waals surface area contributed by atoms with Crippen molar-refractivity contribution in [3.63, 3.8) is 0 Å². The van der Waals surface area contributed by atoms with Crippen LogP contribution in [-0.2, 0) is 10.8 Å². The second-order valence-electron chi connectivity index (χ2n) is 16.7. The molecule has 262 valence electrons. The van der Waals surface area contributed by atoms with E-state index in [9.17, 15) is 0 Å². The molecule has 0 fully saturated rings. The average Bonchev–Trinajstić information content (AvgIpc) is 3.58. The fraction of sp³-hybridized carbons (Fsp3) is 0.176. The molecule has 0 spiro atoms. The van der Waals surface area contributed by atoms with Gasteiger partial charge in [-0.05, 0) is 80.3 Å². The van der Waals surface area contributed by atoms with Crippen molar-refractivity contribution in [3.05, 3.63) is 163 Å². The minimum atomic E-state index is -0.101. The molecule has 54 heavy (non-hydrogen) atoms. The van der Waals surface area contributed by atoms with E-state index in [4.69, 9.17) is 9.97 Å². The second-order valence-corrected chi connectivity index (χ2v) is 16.7. The van der Waals surface area contributed by atoms with E-state index in [2.05, 4.69) is 198 Å². The summed E-state index contributed by atoms with van der Waals surface area (Å²) in [5, 5.41) is 5.82. The highest BCUT2D eigenvalue weighted by Gasteiger charge is 2.57. The predicted molar refractivity (Wildman–Crippen MR) is 228 cm³/mol. The molecule has 0 N–H and O–H groups in total. The maximum Gasteiger partial charge on any atom is 0.162 e. The first-order valence-electron chi connectivity index (χ1n) is 19.1. The zero-order chi connectivity index (χ0) is 37.0. The smallest absolute Gasteiger partial charge is 0.162 e. The van der Waals surface area contributed by atoms with Crippen molar-refractivity contribution < 1.29 is 0 Å². The van der Waals surface area contributed by atoms with Crippen LogP contribution in [0.2, 0.25) is 0 Å². The molecule has 1 aliphatic carbocycles. The highest BCUT2D eigenvalue weighted by molar-refractivity contribution is 6.12. The van der Waals surface area contributed by atoms with Crippen LogP contribution in [0.5, 0.6) is 0 Å². The lowest BCUT2D eigenvalue weighted by Gasteiger charge is -2.44. The summed E-state index contributed by atoms with van der Waals surface area (Å²) in [4.78, 5) is 11.1. The van der Waals surface area contributed by atoms with Crippen LogP contribution in [-0.4, -0.2) is 14.5 Å². The fourth-order valence-corrected chi connectivity index (χ4v) is 9.28. The van der Waals surface area contributed by atoms with Gasteiger partial charge in [0.1, 0.15) is 0 Å². The van der Waals surface area contributed by atoms with Gasteiger partial charge < -0.3 is 4.57 Å². The van der Waals surface area contributed by atoms with Gasteiger partial charge in [0.25, 0.3) is 0 Å². The van der Waals surface area contributed by atoms with E-state index in [-0.39, 0.29) is 16.2 Å². The van der Waals surface area contributed by atoms with Gasteiger partial charge in [0.15, 0.2) is 5.82 Å². The van der Waals surface area contributed by atoms with E-state index < -0.39 is 0 Å². The summed E-state index contributed by atoms with van der Waals surface area (Å²) in [6.07, 6.45) is 0. The molecule has 1 aliphatic rings. The molecular formula is C51H43N3. The zero-order valence-corrected chi connectivity index (χ0v) is 31.8. The van der Waals surface area contributed by atoms with E-state index in [1.165, 1.54) is 49.4 Å². The van der Waals surface area contributed by atoms with Crippen LogP contribution < -0.4 is 0 Å². The molecule has 7 aromatic carbocycles. The van der Waals surface area contributed by atoms with Gasteiger partial charge in [-0.15, -0.1) is 0 Å². The molecule has 0 atom stereocenters. The number of fused-ring (bicyclic) bond motifs is 7. The number of nitrogens with zero attached hydrogens (tertiary/aromatic N) is 3. The monoisotopic (exact) mass is 697 g/mol. The molecule has 2 aromatic heterocycles. The molecule has 9 aromatic rings. The molecule has 0 bridgehead atoms. The number of hydrogen-bond acceptors (Lipinski definition) is 2. The van der Waals surface area contributed by atoms with Crippen LogP contribution >= 0.6 is 0 Å². The van der Waals surface area contributed by atoms with Gasteiger partial charge in [0.05, 0.1) is 27.9 Å². The Morgan fingerprint density at radius 1 is 0.444 bits per heavy atom. The van der Waals surface area contributed by atoms with Crippen molar-refractivity contribution >= 4 is 43.5 Å². The molecule has 10 rings (SSSR count). The Morgan fingerprint density at radius 3 is 1.80 bits per heavy atom. The summed E-state index contributed by atoms with van der Waals surface area (Å²) in [6.45, 7) is 14.6. The third kappa shape index (κ3) is 4.48. The van der Waals surface area contributed by atoms with E-state index in [1.807, 2.05) is 0 Å². The molecule has 0 radical (unpaired) electrons. The highest BCUT2D eigenvalue weighted by Crippen LogP contribution is 2.62. The number of rotatable bonds is 4. The van der Waals surface area contributed by atoms with Crippen LogP contribution in [0, 0.1) is 5.41 Å². The molecule has 0 aliphatic heterocycles. The van der Waals surface area contributed by atoms with Crippen molar-refractivity contribution in [2.45, 2.75) is 52.4 Å². The highest BCUT2D eigenvalue weighted by atomic mass is 15.0. The number of benzene rings is 7. The summed E-state index contributed by atoms with van der Waals surface area (Å²) < 4.78 is 2.47. The molecule has 3 heteroatoms. The minimum Gasteiger partial charge on any atom is -0.308 e. The third-order valence-corrected chi connectivity index (χ3v) is 13.5. The lowest BCUT2D eigenvalue weighted by Crippen LogP contribution is -2.42. The largest absolute Gasteiger partial charge is 0.308 e. The van der Waals surface area contributed by atoms with Crippen molar-refractivity contribution in [3.8, 4) is 39.5 Å². The number of hydrogen-bond donors (Lipinski definition) is 0. The lowest BCUT2D eigenvalue weighted by atomic mass is 9.59. The maximum atomic E-state index is 5.57. The summed E-state index contributed by atoms with van der Waals surface area (Å²) in [5.41, 5.74) is 12.5. The van der Waals surface area contributed by atoms with E-state index in [0.29, 0.717) is 0 Å². The van der Waals surface area contributed by atoms with E-state index >= 15 is 0 Å². The first kappa shape index (κ1) is 32.6. The molecule has 0 amide bonds. The first-order valence-corrected chi connectivity index (χ1v) is 19.1. The Balaban J connectivity index is 1.35. The minimum absolute atomic E-state index is 0.0146. The van der Waals surface area contributed by atoms with Crippen LogP contribution in [0.4, 0.5) is 0 Å². The van der Waals surface area contributed by atoms with Gasteiger partial charge in [-0.2, -0.15) is 0 Å². The molecule has 0 saturated carbocycles. The molecule has 2 heterocycles. The third-order valence-electron chi connectivity index (χ3n) is 13.5. The number of aromatic nitrogens is 3. The summed E-state index contributed by atoms with van der Waals surface area (Å²) >= 11 is 0. The Morgan fingerprint density at radius 2 is 1.06 bits per heavy atom. The number of para-hydroxylation sites is 1. The first-order chi connectivity index (χ1) is 26.1. The molecule has 0 unspecified atom stereocenters. The standard InChI is InChI=1S/C51H43N3/c1-49(2)41-30-40(48-52-46(34-20-11-8-12-21-34)38-27-25-33-19-13-14-22-36(33)47(38)53-48)45(31-42(41)50(3,4)51(49,5)6)54-43-24-16-15-23-37(43)39-29-35(26-28-44(39)54)32-17-9-7-10-18-32/h7-31H,1-6H3. The summed E-state index contributed by atoms with van der Waals surface area (Å²) in [6, 6.07) is 54.9. The van der Waals surface area contributed by atoms with E-state index in [0.717, 1.165) is 44.6 Å². The van der Waals surface area contributed by atoms with Gasteiger partial charge in [-0.3, -0.25) is 0 Å². The summed E-state index contributed by atoms with van der Waals surface area (Å²) in [7, 11) is 0. The molecular weight excluding hydrogens is 655 g/mol. The Kier molecular flexibility index (Phi) is 6.92. The van der Waals surface area contributed by atoms with Gasteiger partial charge in [-0.25, -0.2) is 9.97 Å². The zero-order valence-electron chi connectivity index (χ0n) is 31.8. The topological polar surface area (TPSA) is 30.7 Å². The van der Waals surface area contributed by atoms with Gasteiger partial charge in [0, 0.05) is 32.7 Å². The van der Waals surface area contributed by atoms with Crippen molar-refractivity contribution in [2.24, 2.45) is 5.41 Å². The van der Waals surface area contributed by atoms with Crippen molar-refractivity contribution in [2.75, 3.05) is 0 Å². The van der Waals surface area contributed by atoms with Gasteiger partial charge in [0.2, 0.25) is 0 Å². The Labute approximate surface area is 317 Å². The second kappa shape index (κ2) is 11.5. The molecule has 3 nitrogen and oxygen atoms in total. The quantitative estimate of drug-likeness (QED) is 0.171. The SMILES string of the molecule is CC1(C)c2cc(-c3nc(-c4ccccc4)c4ccc5ccccc5c4n3)c(-n3c4ccccc4c4cc(-c5ccccc5)ccc43)cc2C(C)(C)C1(C)C. The van der Waals surface area contributed by atoms with Crippen LogP contribution in [0.25, 0.3) is 82.9 Å². The van der Waals surface area contributed by atoms with Gasteiger partial charge in [-0.1, -0.05) is 157 Å². The average molecular weight is 698 g/mol. The van der Waals surface area contributed by atoms with Crippen LogP contribution in [0.3, 0.4) is 0 Å².